The second-order valence-corrected chi connectivity index (χ2v) is 7.27. The number of ether oxygens (including phenoxy) is 2. The van der Waals surface area contributed by atoms with Crippen molar-refractivity contribution in [3.05, 3.63) is 29.8 Å². The van der Waals surface area contributed by atoms with Crippen LogP contribution in [0.3, 0.4) is 0 Å². The molecule has 1 atom stereocenters. The number of benzene rings is 1. The van der Waals surface area contributed by atoms with Gasteiger partial charge in [0.05, 0.1) is 26.4 Å². The van der Waals surface area contributed by atoms with E-state index < -0.39 is 0 Å². The van der Waals surface area contributed by atoms with Crippen LogP contribution in [0.5, 0.6) is 0 Å². The van der Waals surface area contributed by atoms with Crippen LogP contribution < -0.4 is 10.2 Å². The molecule has 1 aliphatic heterocycles. The van der Waals surface area contributed by atoms with E-state index in [-0.39, 0.29) is 24.0 Å². The largest absolute Gasteiger partial charge is 0.382 e. The molecule has 0 saturated carbocycles. The molecule has 1 heterocycles. The molecular formula is C22H39IN4O2. The maximum Gasteiger partial charge on any atom is 0.193 e. The summed E-state index contributed by atoms with van der Waals surface area (Å²) in [7, 11) is 1.71. The molecule has 1 aromatic rings. The van der Waals surface area contributed by atoms with Gasteiger partial charge in [0.2, 0.25) is 0 Å². The van der Waals surface area contributed by atoms with Crippen molar-refractivity contribution in [2.45, 2.75) is 27.2 Å². The zero-order valence-corrected chi connectivity index (χ0v) is 20.9. The lowest BCUT2D eigenvalue weighted by molar-refractivity contribution is 0.0536. The first-order chi connectivity index (χ1) is 13.7. The molecule has 7 heteroatoms. The van der Waals surface area contributed by atoms with Crippen LogP contribution in [0.4, 0.5) is 5.69 Å². The maximum atomic E-state index is 5.71. The van der Waals surface area contributed by atoms with E-state index in [0.29, 0.717) is 19.1 Å². The number of halogens is 1. The van der Waals surface area contributed by atoms with Crippen molar-refractivity contribution >= 4 is 35.6 Å². The van der Waals surface area contributed by atoms with E-state index in [9.17, 15) is 0 Å². The van der Waals surface area contributed by atoms with Gasteiger partial charge < -0.3 is 24.6 Å². The fourth-order valence-electron chi connectivity index (χ4n) is 3.62. The van der Waals surface area contributed by atoms with Crippen LogP contribution in [-0.4, -0.2) is 77.1 Å². The lowest BCUT2D eigenvalue weighted by atomic mass is 10.1. The Morgan fingerprint density at radius 1 is 1.28 bits per heavy atom. The molecule has 0 aromatic heterocycles. The first-order valence-corrected chi connectivity index (χ1v) is 10.6. The SMILES string of the molecule is CCNC(=NCCN(CC)c1ccccc1C)N1CCC(COCCOC)C1.I. The van der Waals surface area contributed by atoms with Gasteiger partial charge in [-0.3, -0.25) is 4.99 Å². The number of likely N-dealkylation sites (N-methyl/N-ethyl adjacent to an activating group) is 1. The van der Waals surface area contributed by atoms with Gasteiger partial charge in [0.15, 0.2) is 5.96 Å². The van der Waals surface area contributed by atoms with Gasteiger partial charge in [-0.25, -0.2) is 0 Å². The summed E-state index contributed by atoms with van der Waals surface area (Å²) in [5, 5.41) is 3.46. The van der Waals surface area contributed by atoms with Crippen molar-refractivity contribution < 1.29 is 9.47 Å². The standard InChI is InChI=1S/C22H38N4O2.HI/c1-5-23-22(26-13-11-20(17-26)18-28-16-15-27-4)24-12-14-25(6-2)21-10-8-7-9-19(21)3;/h7-10,20H,5-6,11-18H2,1-4H3,(H,23,24);1H. The minimum Gasteiger partial charge on any atom is -0.382 e. The number of nitrogens with one attached hydrogen (secondary N) is 1. The zero-order valence-electron chi connectivity index (χ0n) is 18.5. The highest BCUT2D eigenvalue weighted by Gasteiger charge is 2.25. The number of aliphatic imine (C=N–C) groups is 1. The number of hydrogen-bond donors (Lipinski definition) is 1. The Morgan fingerprint density at radius 3 is 2.76 bits per heavy atom. The van der Waals surface area contributed by atoms with E-state index in [1.54, 1.807) is 7.11 Å². The number of nitrogens with zero attached hydrogens (tertiary/aromatic N) is 3. The summed E-state index contributed by atoms with van der Waals surface area (Å²) in [6.45, 7) is 14.3. The highest BCUT2D eigenvalue weighted by atomic mass is 127. The summed E-state index contributed by atoms with van der Waals surface area (Å²) >= 11 is 0. The highest BCUT2D eigenvalue weighted by Crippen LogP contribution is 2.19. The van der Waals surface area contributed by atoms with Crippen molar-refractivity contribution in [1.82, 2.24) is 10.2 Å². The van der Waals surface area contributed by atoms with Gasteiger partial charge >= 0.3 is 0 Å². The third-order valence-electron chi connectivity index (χ3n) is 5.17. The van der Waals surface area contributed by atoms with Gasteiger partial charge in [-0.1, -0.05) is 18.2 Å². The molecule has 0 bridgehead atoms. The molecule has 1 unspecified atom stereocenters. The summed E-state index contributed by atoms with van der Waals surface area (Å²) in [6, 6.07) is 8.57. The van der Waals surface area contributed by atoms with Crippen LogP contribution >= 0.6 is 24.0 Å². The number of para-hydroxylation sites is 1. The van der Waals surface area contributed by atoms with Crippen molar-refractivity contribution in [3.8, 4) is 0 Å². The van der Waals surface area contributed by atoms with E-state index in [1.165, 1.54) is 11.3 Å². The first kappa shape index (κ1) is 26.0. The van der Waals surface area contributed by atoms with Crippen LogP contribution in [-0.2, 0) is 9.47 Å². The Labute approximate surface area is 194 Å². The zero-order chi connectivity index (χ0) is 20.2. The molecule has 0 amide bonds. The summed E-state index contributed by atoms with van der Waals surface area (Å²) in [4.78, 5) is 9.69. The van der Waals surface area contributed by atoms with E-state index in [1.807, 2.05) is 0 Å². The first-order valence-electron chi connectivity index (χ1n) is 10.6. The fourth-order valence-corrected chi connectivity index (χ4v) is 3.62. The van der Waals surface area contributed by atoms with Gasteiger partial charge in [0.1, 0.15) is 0 Å². The normalized spacial score (nSPS) is 16.6. The van der Waals surface area contributed by atoms with E-state index in [0.717, 1.165) is 58.3 Å². The minimum absolute atomic E-state index is 0. The molecule has 0 spiro atoms. The Hall–Kier alpha value is -1.06. The summed E-state index contributed by atoms with van der Waals surface area (Å²) in [5.74, 6) is 1.60. The average Bonchev–Trinajstić information content (AvgIpc) is 3.17. The smallest absolute Gasteiger partial charge is 0.193 e. The maximum absolute atomic E-state index is 5.71. The predicted octanol–water partition coefficient (Wildman–Crippen LogP) is 3.39. The van der Waals surface area contributed by atoms with Crippen LogP contribution in [0.1, 0.15) is 25.8 Å². The van der Waals surface area contributed by atoms with Crippen molar-refractivity contribution in [2.24, 2.45) is 10.9 Å². The topological polar surface area (TPSA) is 49.3 Å². The molecule has 1 fully saturated rings. The number of anilines is 1. The summed E-state index contributed by atoms with van der Waals surface area (Å²) in [6.07, 6.45) is 1.15. The fraction of sp³-hybridized carbons (Fsp3) is 0.682. The second-order valence-electron chi connectivity index (χ2n) is 7.27. The van der Waals surface area contributed by atoms with Gasteiger partial charge in [-0.05, 0) is 38.8 Å². The number of hydrogen-bond acceptors (Lipinski definition) is 4. The number of methoxy groups -OCH3 is 1. The molecule has 29 heavy (non-hydrogen) atoms. The number of rotatable bonds is 11. The summed E-state index contributed by atoms with van der Waals surface area (Å²) in [5.41, 5.74) is 2.62. The molecule has 0 aliphatic carbocycles. The summed E-state index contributed by atoms with van der Waals surface area (Å²) < 4.78 is 10.8. The molecule has 1 aliphatic rings. The Morgan fingerprint density at radius 2 is 2.07 bits per heavy atom. The van der Waals surface area contributed by atoms with Gasteiger partial charge in [-0.15, -0.1) is 24.0 Å². The average molecular weight is 518 g/mol. The van der Waals surface area contributed by atoms with Crippen molar-refractivity contribution in [1.29, 1.82) is 0 Å². The van der Waals surface area contributed by atoms with Gasteiger partial charge in [-0.2, -0.15) is 0 Å². The van der Waals surface area contributed by atoms with Gasteiger partial charge in [0, 0.05) is 51.4 Å². The molecule has 2 rings (SSSR count). The lowest BCUT2D eigenvalue weighted by Gasteiger charge is -2.25. The minimum atomic E-state index is 0. The van der Waals surface area contributed by atoms with E-state index in [4.69, 9.17) is 14.5 Å². The third-order valence-corrected chi connectivity index (χ3v) is 5.17. The number of likely N-dealkylation sites (tertiary alicyclic amines) is 1. The number of guanidine groups is 1. The van der Waals surface area contributed by atoms with Crippen molar-refractivity contribution in [3.63, 3.8) is 0 Å². The van der Waals surface area contributed by atoms with E-state index in [2.05, 4.69) is 60.2 Å². The second kappa shape index (κ2) is 14.8. The van der Waals surface area contributed by atoms with Gasteiger partial charge in [0.25, 0.3) is 0 Å². The highest BCUT2D eigenvalue weighted by molar-refractivity contribution is 14.0. The third kappa shape index (κ3) is 8.68. The molecule has 6 nitrogen and oxygen atoms in total. The van der Waals surface area contributed by atoms with Crippen molar-refractivity contribution in [2.75, 3.05) is 71.1 Å². The van der Waals surface area contributed by atoms with Crippen LogP contribution in [0.15, 0.2) is 29.3 Å². The quantitative estimate of drug-likeness (QED) is 0.211. The molecule has 0 radical (unpaired) electrons. The van der Waals surface area contributed by atoms with E-state index >= 15 is 0 Å². The molecule has 1 aromatic carbocycles. The molecule has 1 saturated heterocycles. The number of aryl methyl sites for hydroxylation is 1. The lowest BCUT2D eigenvalue weighted by Crippen LogP contribution is -2.41. The molecule has 1 N–H and O–H groups in total. The Kier molecular flexibility index (Phi) is 13.3. The van der Waals surface area contributed by atoms with Crippen LogP contribution in [0.2, 0.25) is 0 Å². The molecular weight excluding hydrogens is 479 g/mol. The van der Waals surface area contributed by atoms with Crippen LogP contribution in [0.25, 0.3) is 0 Å². The Balaban J connectivity index is 0.00000420. The Bertz CT molecular complexity index is 600. The predicted molar refractivity (Wildman–Crippen MR) is 133 cm³/mol. The monoisotopic (exact) mass is 518 g/mol. The molecule has 166 valence electrons. The van der Waals surface area contributed by atoms with Crippen LogP contribution in [0, 0.1) is 12.8 Å².